The van der Waals surface area contributed by atoms with Crippen molar-refractivity contribution in [3.63, 3.8) is 0 Å². The Morgan fingerprint density at radius 2 is 1.94 bits per heavy atom. The number of nitrogens with one attached hydrogen (secondary N) is 1. The van der Waals surface area contributed by atoms with Gasteiger partial charge in [0.05, 0.1) is 23.1 Å². The van der Waals surface area contributed by atoms with Crippen LogP contribution in [0.1, 0.15) is 24.5 Å². The maximum atomic E-state index is 13.0. The number of anilines is 1. The van der Waals surface area contributed by atoms with Crippen LogP contribution >= 0.6 is 23.1 Å². The predicted molar refractivity (Wildman–Crippen MR) is 134 cm³/mol. The van der Waals surface area contributed by atoms with Crippen molar-refractivity contribution in [1.82, 2.24) is 9.97 Å². The van der Waals surface area contributed by atoms with Crippen molar-refractivity contribution in [1.29, 1.82) is 0 Å². The van der Waals surface area contributed by atoms with Gasteiger partial charge in [-0.25, -0.2) is 9.97 Å². The highest BCUT2D eigenvalue weighted by molar-refractivity contribution is 8.00. The number of aromatic nitrogens is 2. The molecular weight excluding hydrogens is 438 g/mol. The van der Waals surface area contributed by atoms with Gasteiger partial charge in [-0.1, -0.05) is 60.6 Å². The van der Waals surface area contributed by atoms with Crippen molar-refractivity contribution in [3.05, 3.63) is 65.0 Å². The monoisotopic (exact) mass is 463 g/mol. The Bertz CT molecular complexity index is 1250. The highest BCUT2D eigenvalue weighted by Gasteiger charge is 2.21. The largest absolute Gasteiger partial charge is 0.494 e. The van der Waals surface area contributed by atoms with Gasteiger partial charge in [0, 0.05) is 16.3 Å². The number of pyridine rings is 1. The third kappa shape index (κ3) is 4.79. The Morgan fingerprint density at radius 1 is 1.16 bits per heavy atom. The normalized spacial score (nSPS) is 12.0. The molecular formula is C25H25N3O2S2. The Balaban J connectivity index is 1.51. The summed E-state index contributed by atoms with van der Waals surface area (Å²) in [6.45, 7) is 6.11. The summed E-state index contributed by atoms with van der Waals surface area (Å²) in [5.74, 6) is 0.666. The molecule has 0 saturated carbocycles. The van der Waals surface area contributed by atoms with Crippen molar-refractivity contribution >= 4 is 45.0 Å². The fraction of sp³-hybridized carbons (Fsp3) is 0.240. The van der Waals surface area contributed by atoms with Crippen LogP contribution in [0.5, 0.6) is 5.75 Å². The molecule has 4 aromatic rings. The lowest BCUT2D eigenvalue weighted by atomic mass is 10.1. The van der Waals surface area contributed by atoms with E-state index in [-0.39, 0.29) is 11.2 Å². The first-order chi connectivity index (χ1) is 15.5. The number of fused-ring (bicyclic) bond motifs is 1. The number of rotatable bonds is 7. The molecule has 4 rings (SSSR count). The second kappa shape index (κ2) is 9.71. The van der Waals surface area contributed by atoms with Crippen molar-refractivity contribution in [3.8, 4) is 17.0 Å². The van der Waals surface area contributed by atoms with E-state index in [2.05, 4.69) is 36.3 Å². The summed E-state index contributed by atoms with van der Waals surface area (Å²) in [5.41, 5.74) is 5.03. The third-order valence-corrected chi connectivity index (χ3v) is 7.25. The molecule has 1 atom stereocenters. The molecule has 2 heterocycles. The molecule has 0 saturated heterocycles. The van der Waals surface area contributed by atoms with Gasteiger partial charge in [-0.15, -0.1) is 11.3 Å². The molecule has 0 spiro atoms. The average molecular weight is 464 g/mol. The van der Waals surface area contributed by atoms with E-state index >= 15 is 0 Å². The first-order valence-electron chi connectivity index (χ1n) is 10.4. The van der Waals surface area contributed by atoms with Crippen LogP contribution in [-0.2, 0) is 4.79 Å². The molecule has 0 aliphatic heterocycles. The van der Waals surface area contributed by atoms with E-state index < -0.39 is 0 Å². The van der Waals surface area contributed by atoms with Crippen molar-refractivity contribution < 1.29 is 9.53 Å². The van der Waals surface area contributed by atoms with Gasteiger partial charge in [-0.2, -0.15) is 0 Å². The average Bonchev–Trinajstić information content (AvgIpc) is 3.26. The number of carbonyl (C=O) groups excluding carboxylic acids is 1. The van der Waals surface area contributed by atoms with Crippen molar-refractivity contribution in [2.24, 2.45) is 0 Å². The van der Waals surface area contributed by atoms with E-state index in [1.807, 2.05) is 48.7 Å². The van der Waals surface area contributed by atoms with Crippen LogP contribution in [0.3, 0.4) is 0 Å². The second-order valence-electron chi connectivity index (χ2n) is 7.54. The molecule has 0 bridgehead atoms. The summed E-state index contributed by atoms with van der Waals surface area (Å²) in [4.78, 5) is 22.4. The van der Waals surface area contributed by atoms with Crippen LogP contribution in [0, 0.1) is 13.8 Å². The lowest BCUT2D eigenvalue weighted by Crippen LogP contribution is -2.24. The molecule has 164 valence electrons. The molecule has 0 radical (unpaired) electrons. The highest BCUT2D eigenvalue weighted by atomic mass is 32.2. The van der Waals surface area contributed by atoms with Crippen LogP contribution in [0.2, 0.25) is 0 Å². The molecule has 1 unspecified atom stereocenters. The molecule has 1 amide bonds. The Morgan fingerprint density at radius 3 is 2.66 bits per heavy atom. The SMILES string of the molecule is CCC(Sc1cc(C)c2cccc(OC)c2n1)C(=O)Nc1nc(-c2ccc(C)cc2)cs1. The zero-order valence-corrected chi connectivity index (χ0v) is 20.1. The zero-order chi connectivity index (χ0) is 22.7. The van der Waals surface area contributed by atoms with Crippen LogP contribution in [0.4, 0.5) is 5.13 Å². The number of para-hydroxylation sites is 1. The molecule has 1 N–H and O–H groups in total. The predicted octanol–water partition coefficient (Wildman–Crippen LogP) is 6.49. The van der Waals surface area contributed by atoms with Gasteiger partial charge in [0.2, 0.25) is 5.91 Å². The van der Waals surface area contributed by atoms with E-state index in [9.17, 15) is 4.79 Å². The number of aryl methyl sites for hydroxylation is 2. The molecule has 5 nitrogen and oxygen atoms in total. The highest BCUT2D eigenvalue weighted by Crippen LogP contribution is 2.33. The number of carbonyl (C=O) groups is 1. The Hall–Kier alpha value is -2.90. The number of amides is 1. The van der Waals surface area contributed by atoms with Gasteiger partial charge in [0.15, 0.2) is 5.13 Å². The molecule has 2 aromatic heterocycles. The fourth-order valence-corrected chi connectivity index (χ4v) is 5.16. The zero-order valence-electron chi connectivity index (χ0n) is 18.5. The summed E-state index contributed by atoms with van der Waals surface area (Å²) in [6.07, 6.45) is 0.678. The fourth-order valence-electron chi connectivity index (χ4n) is 3.43. The van der Waals surface area contributed by atoms with E-state index in [4.69, 9.17) is 9.72 Å². The maximum Gasteiger partial charge on any atom is 0.239 e. The minimum atomic E-state index is -0.277. The number of benzene rings is 2. The molecule has 2 aromatic carbocycles. The number of hydrogen-bond donors (Lipinski definition) is 1. The summed E-state index contributed by atoms with van der Waals surface area (Å²) in [5, 5.41) is 7.14. The van der Waals surface area contributed by atoms with Gasteiger partial charge in [0.25, 0.3) is 0 Å². The minimum Gasteiger partial charge on any atom is -0.494 e. The number of nitrogens with zero attached hydrogens (tertiary/aromatic N) is 2. The summed E-state index contributed by atoms with van der Waals surface area (Å²) in [6, 6.07) is 16.1. The summed E-state index contributed by atoms with van der Waals surface area (Å²) < 4.78 is 5.48. The van der Waals surface area contributed by atoms with Gasteiger partial charge in [0.1, 0.15) is 11.3 Å². The number of thioether (sulfide) groups is 1. The van der Waals surface area contributed by atoms with E-state index in [0.717, 1.165) is 38.5 Å². The lowest BCUT2D eigenvalue weighted by molar-refractivity contribution is -0.115. The molecule has 32 heavy (non-hydrogen) atoms. The van der Waals surface area contributed by atoms with E-state index in [1.165, 1.54) is 28.7 Å². The number of hydrogen-bond acceptors (Lipinski definition) is 6. The molecule has 0 fully saturated rings. The second-order valence-corrected chi connectivity index (χ2v) is 9.62. The van der Waals surface area contributed by atoms with Crippen LogP contribution in [0.25, 0.3) is 22.2 Å². The third-order valence-electron chi connectivity index (χ3n) is 5.21. The molecule has 0 aliphatic rings. The maximum absolute atomic E-state index is 13.0. The topological polar surface area (TPSA) is 64.1 Å². The lowest BCUT2D eigenvalue weighted by Gasteiger charge is -2.15. The van der Waals surface area contributed by atoms with Gasteiger partial charge in [-0.05, 0) is 38.0 Å². The standard InChI is InChI=1S/C25H25N3O2S2/c1-5-21(32-22-13-16(3)18-7-6-8-20(30-4)23(18)27-22)24(29)28-25-26-19(14-31-25)17-11-9-15(2)10-12-17/h6-14,21H,5H2,1-4H3,(H,26,28,29). The smallest absolute Gasteiger partial charge is 0.239 e. The number of ether oxygens (including phenoxy) is 1. The number of thiazole rings is 1. The first kappa shape index (κ1) is 22.3. The van der Waals surface area contributed by atoms with Gasteiger partial charge in [-0.3, -0.25) is 4.79 Å². The van der Waals surface area contributed by atoms with E-state index in [1.54, 1.807) is 7.11 Å². The van der Waals surface area contributed by atoms with Crippen molar-refractivity contribution in [2.75, 3.05) is 12.4 Å². The quantitative estimate of drug-likeness (QED) is 0.317. The summed E-state index contributed by atoms with van der Waals surface area (Å²) >= 11 is 2.90. The van der Waals surface area contributed by atoms with Crippen molar-refractivity contribution in [2.45, 2.75) is 37.5 Å². The Labute approximate surface area is 196 Å². The van der Waals surface area contributed by atoms with Crippen LogP contribution in [0.15, 0.2) is 58.9 Å². The Kier molecular flexibility index (Phi) is 6.77. The first-order valence-corrected chi connectivity index (χ1v) is 12.2. The van der Waals surface area contributed by atoms with Crippen LogP contribution in [-0.4, -0.2) is 28.2 Å². The summed E-state index contributed by atoms with van der Waals surface area (Å²) in [7, 11) is 1.65. The minimum absolute atomic E-state index is 0.0677. The van der Waals surface area contributed by atoms with Gasteiger partial charge >= 0.3 is 0 Å². The molecule has 7 heteroatoms. The molecule has 0 aliphatic carbocycles. The number of methoxy groups -OCH3 is 1. The van der Waals surface area contributed by atoms with E-state index in [0.29, 0.717) is 11.6 Å². The van der Waals surface area contributed by atoms with Crippen LogP contribution < -0.4 is 10.1 Å². The van der Waals surface area contributed by atoms with Gasteiger partial charge < -0.3 is 10.1 Å².